The molecule has 7 nitrogen and oxygen atoms in total. The Morgan fingerprint density at radius 2 is 2.00 bits per heavy atom. The molecule has 0 radical (unpaired) electrons. The molecule has 0 aromatic rings. The molecule has 0 aromatic carbocycles. The van der Waals surface area contributed by atoms with E-state index < -0.39 is 27.3 Å². The fourth-order valence-corrected chi connectivity index (χ4v) is 1.88. The SMILES string of the molecule is C=C(C=CC(N)=O)C(=O)NC(CC)S(=O)(=O)OC. The van der Waals surface area contributed by atoms with Gasteiger partial charge in [-0.15, -0.1) is 0 Å². The van der Waals surface area contributed by atoms with Gasteiger partial charge in [-0.25, -0.2) is 0 Å². The maximum atomic E-state index is 11.6. The van der Waals surface area contributed by atoms with Crippen molar-refractivity contribution in [1.82, 2.24) is 5.32 Å². The van der Waals surface area contributed by atoms with Crippen LogP contribution in [0.15, 0.2) is 24.3 Å². The molecule has 1 unspecified atom stereocenters. The van der Waals surface area contributed by atoms with Crippen LogP contribution in [-0.2, 0) is 23.9 Å². The average Bonchev–Trinajstić information content (AvgIpc) is 2.32. The van der Waals surface area contributed by atoms with Gasteiger partial charge in [0.25, 0.3) is 16.0 Å². The quantitative estimate of drug-likeness (QED) is 0.366. The molecule has 0 fully saturated rings. The van der Waals surface area contributed by atoms with Gasteiger partial charge in [0.15, 0.2) is 5.37 Å². The van der Waals surface area contributed by atoms with E-state index in [4.69, 9.17) is 5.73 Å². The van der Waals surface area contributed by atoms with Crippen molar-refractivity contribution in [2.75, 3.05) is 7.11 Å². The summed E-state index contributed by atoms with van der Waals surface area (Å²) in [5.41, 5.74) is 4.76. The minimum absolute atomic E-state index is 0.0847. The molecule has 2 amide bonds. The van der Waals surface area contributed by atoms with E-state index in [9.17, 15) is 18.0 Å². The molecule has 0 rings (SSSR count). The van der Waals surface area contributed by atoms with Crippen molar-refractivity contribution in [1.29, 1.82) is 0 Å². The zero-order valence-electron chi connectivity index (χ0n) is 10.2. The van der Waals surface area contributed by atoms with Gasteiger partial charge in [-0.05, 0) is 12.5 Å². The third kappa shape index (κ3) is 5.11. The Bertz CT molecular complexity index is 467. The number of amides is 2. The highest BCUT2D eigenvalue weighted by Gasteiger charge is 2.25. The zero-order valence-corrected chi connectivity index (χ0v) is 11.0. The zero-order chi connectivity index (χ0) is 14.3. The van der Waals surface area contributed by atoms with Crippen LogP contribution in [0.25, 0.3) is 0 Å². The number of nitrogens with two attached hydrogens (primary N) is 1. The molecule has 102 valence electrons. The Labute approximate surface area is 106 Å². The largest absolute Gasteiger partial charge is 0.366 e. The summed E-state index contributed by atoms with van der Waals surface area (Å²) in [5, 5.41) is 1.05. The molecule has 18 heavy (non-hydrogen) atoms. The Morgan fingerprint density at radius 3 is 2.39 bits per heavy atom. The lowest BCUT2D eigenvalue weighted by Gasteiger charge is -2.15. The molecule has 0 aliphatic carbocycles. The normalized spacial score (nSPS) is 13.2. The molecule has 0 heterocycles. The number of hydrogen-bond donors (Lipinski definition) is 2. The van der Waals surface area contributed by atoms with Gasteiger partial charge in [-0.3, -0.25) is 13.8 Å². The average molecular weight is 276 g/mol. The maximum Gasteiger partial charge on any atom is 0.288 e. The van der Waals surface area contributed by atoms with Crippen LogP contribution in [0.4, 0.5) is 0 Å². The highest BCUT2D eigenvalue weighted by atomic mass is 32.2. The summed E-state index contributed by atoms with van der Waals surface area (Å²) in [4.78, 5) is 22.0. The molecule has 1 atom stereocenters. The summed E-state index contributed by atoms with van der Waals surface area (Å²) in [6.07, 6.45) is 2.19. The van der Waals surface area contributed by atoms with Crippen molar-refractivity contribution in [2.24, 2.45) is 5.73 Å². The second kappa shape index (κ2) is 6.92. The molecular weight excluding hydrogens is 260 g/mol. The van der Waals surface area contributed by atoms with Crippen molar-refractivity contribution in [3.8, 4) is 0 Å². The van der Waals surface area contributed by atoms with Crippen LogP contribution in [0.2, 0.25) is 0 Å². The van der Waals surface area contributed by atoms with E-state index in [1.165, 1.54) is 0 Å². The number of carbonyl (C=O) groups is 2. The maximum absolute atomic E-state index is 11.6. The van der Waals surface area contributed by atoms with E-state index in [2.05, 4.69) is 16.1 Å². The van der Waals surface area contributed by atoms with E-state index >= 15 is 0 Å². The second-order valence-electron chi connectivity index (χ2n) is 3.29. The smallest absolute Gasteiger partial charge is 0.288 e. The van der Waals surface area contributed by atoms with Gasteiger partial charge < -0.3 is 11.1 Å². The summed E-state index contributed by atoms with van der Waals surface area (Å²) in [6, 6.07) is 0. The van der Waals surface area contributed by atoms with Gasteiger partial charge in [0, 0.05) is 11.6 Å². The first-order valence-electron chi connectivity index (χ1n) is 5.01. The number of primary amides is 1. The molecule has 0 aliphatic heterocycles. The molecule has 0 bridgehead atoms. The van der Waals surface area contributed by atoms with Crippen LogP contribution in [0.1, 0.15) is 13.3 Å². The van der Waals surface area contributed by atoms with Gasteiger partial charge in [0.1, 0.15) is 0 Å². The van der Waals surface area contributed by atoms with E-state index in [-0.39, 0.29) is 12.0 Å². The fraction of sp³-hybridized carbons (Fsp3) is 0.400. The van der Waals surface area contributed by atoms with Gasteiger partial charge in [-0.2, -0.15) is 8.42 Å². The Balaban J connectivity index is 4.74. The highest BCUT2D eigenvalue weighted by Crippen LogP contribution is 2.05. The van der Waals surface area contributed by atoms with Crippen molar-refractivity contribution in [3.05, 3.63) is 24.3 Å². The Kier molecular flexibility index (Phi) is 6.28. The first-order valence-corrected chi connectivity index (χ1v) is 6.48. The first-order chi connectivity index (χ1) is 8.24. The molecule has 0 aliphatic rings. The second-order valence-corrected chi connectivity index (χ2v) is 5.18. The summed E-state index contributed by atoms with van der Waals surface area (Å²) in [7, 11) is -2.85. The standard InChI is InChI=1S/C10H16N2O5S/c1-4-9(18(15,16)17-3)12-10(14)7(2)5-6-8(11)13/h5-6,9H,2,4H2,1,3H3,(H2,11,13)(H,12,14). The topological polar surface area (TPSA) is 116 Å². The summed E-state index contributed by atoms with van der Waals surface area (Å²) in [6.45, 7) is 4.95. The van der Waals surface area contributed by atoms with Crippen molar-refractivity contribution in [3.63, 3.8) is 0 Å². The summed E-state index contributed by atoms with van der Waals surface area (Å²) >= 11 is 0. The van der Waals surface area contributed by atoms with Crippen LogP contribution < -0.4 is 11.1 Å². The van der Waals surface area contributed by atoms with Gasteiger partial charge in [-0.1, -0.05) is 13.5 Å². The molecule has 8 heteroatoms. The minimum atomic E-state index is -3.86. The lowest BCUT2D eigenvalue weighted by molar-refractivity contribution is -0.117. The molecule has 0 saturated heterocycles. The predicted octanol–water partition coefficient (Wildman–Crippen LogP) is -0.587. The summed E-state index contributed by atoms with van der Waals surface area (Å²) in [5.74, 6) is -1.46. The van der Waals surface area contributed by atoms with E-state index in [0.29, 0.717) is 0 Å². The van der Waals surface area contributed by atoms with Gasteiger partial charge in [0.2, 0.25) is 5.91 Å². The Morgan fingerprint density at radius 1 is 1.44 bits per heavy atom. The van der Waals surface area contributed by atoms with Crippen LogP contribution in [-0.4, -0.2) is 32.7 Å². The number of rotatable bonds is 7. The summed E-state index contributed by atoms with van der Waals surface area (Å²) < 4.78 is 27.1. The van der Waals surface area contributed by atoms with Crippen molar-refractivity contribution >= 4 is 21.9 Å². The number of nitrogens with one attached hydrogen (secondary N) is 1. The van der Waals surface area contributed by atoms with Crippen LogP contribution >= 0.6 is 0 Å². The minimum Gasteiger partial charge on any atom is -0.366 e. The third-order valence-electron chi connectivity index (χ3n) is 1.98. The molecule has 3 N–H and O–H groups in total. The lowest BCUT2D eigenvalue weighted by Crippen LogP contribution is -2.41. The molecule has 0 spiro atoms. The number of carbonyl (C=O) groups excluding carboxylic acids is 2. The monoisotopic (exact) mass is 276 g/mol. The van der Waals surface area contributed by atoms with Crippen LogP contribution in [0.3, 0.4) is 0 Å². The van der Waals surface area contributed by atoms with Gasteiger partial charge in [0.05, 0.1) is 7.11 Å². The predicted molar refractivity (Wildman–Crippen MR) is 65.6 cm³/mol. The number of hydrogen-bond acceptors (Lipinski definition) is 5. The van der Waals surface area contributed by atoms with Crippen LogP contribution in [0.5, 0.6) is 0 Å². The van der Waals surface area contributed by atoms with Crippen molar-refractivity contribution < 1.29 is 22.2 Å². The van der Waals surface area contributed by atoms with Crippen molar-refractivity contribution in [2.45, 2.75) is 18.7 Å². The molecule has 0 aromatic heterocycles. The van der Waals surface area contributed by atoms with Gasteiger partial charge >= 0.3 is 0 Å². The van der Waals surface area contributed by atoms with E-state index in [1.54, 1.807) is 6.92 Å². The fourth-order valence-electron chi connectivity index (χ4n) is 0.992. The third-order valence-corrected chi connectivity index (χ3v) is 3.60. The lowest BCUT2D eigenvalue weighted by atomic mass is 10.2. The highest BCUT2D eigenvalue weighted by molar-refractivity contribution is 7.87. The first kappa shape index (κ1) is 16.3. The van der Waals surface area contributed by atoms with Crippen LogP contribution in [0, 0.1) is 0 Å². The Hall–Kier alpha value is -1.67. The molecule has 0 saturated carbocycles. The van der Waals surface area contributed by atoms with E-state index in [1.807, 2.05) is 0 Å². The van der Waals surface area contributed by atoms with E-state index in [0.717, 1.165) is 19.3 Å². The molecular formula is C10H16N2O5S.